The zero-order chi connectivity index (χ0) is 20.5. The molecule has 0 aliphatic carbocycles. The van der Waals surface area contributed by atoms with Gasteiger partial charge >= 0.3 is 0 Å². The Morgan fingerprint density at radius 3 is 2.86 bits per heavy atom. The van der Waals surface area contributed by atoms with E-state index in [-0.39, 0.29) is 0 Å². The molecule has 0 radical (unpaired) electrons. The SMILES string of the molecule is CN=C(NCc1ccc(NCCOC)cc1)NC1CCN(c2ncccc2Cl)C1. The van der Waals surface area contributed by atoms with Crippen LogP contribution in [0.2, 0.25) is 5.02 Å². The van der Waals surface area contributed by atoms with E-state index in [0.29, 0.717) is 24.2 Å². The number of ether oxygens (including phenoxy) is 1. The highest BCUT2D eigenvalue weighted by atomic mass is 35.5. The molecule has 29 heavy (non-hydrogen) atoms. The quantitative estimate of drug-likeness (QED) is 0.349. The van der Waals surface area contributed by atoms with E-state index < -0.39 is 0 Å². The van der Waals surface area contributed by atoms with Gasteiger partial charge in [0.15, 0.2) is 5.96 Å². The van der Waals surface area contributed by atoms with Gasteiger partial charge in [-0.25, -0.2) is 4.98 Å². The lowest BCUT2D eigenvalue weighted by molar-refractivity contribution is 0.211. The summed E-state index contributed by atoms with van der Waals surface area (Å²) in [6.07, 6.45) is 2.79. The van der Waals surface area contributed by atoms with Crippen molar-refractivity contribution in [1.29, 1.82) is 0 Å². The van der Waals surface area contributed by atoms with Crippen LogP contribution in [0.5, 0.6) is 0 Å². The number of rotatable bonds is 8. The number of nitrogens with one attached hydrogen (secondary N) is 3. The minimum absolute atomic E-state index is 0.298. The molecule has 1 aliphatic rings. The lowest BCUT2D eigenvalue weighted by atomic mass is 10.2. The number of nitrogens with zero attached hydrogens (tertiary/aromatic N) is 3. The van der Waals surface area contributed by atoms with E-state index in [2.05, 4.69) is 55.1 Å². The Hall–Kier alpha value is -2.51. The number of hydrogen-bond donors (Lipinski definition) is 3. The number of aromatic nitrogens is 1. The largest absolute Gasteiger partial charge is 0.383 e. The van der Waals surface area contributed by atoms with Gasteiger partial charge in [-0.3, -0.25) is 4.99 Å². The topological polar surface area (TPSA) is 73.8 Å². The van der Waals surface area contributed by atoms with E-state index in [1.165, 1.54) is 5.56 Å². The molecule has 3 rings (SSSR count). The molecule has 1 unspecified atom stereocenters. The van der Waals surface area contributed by atoms with Crippen LogP contribution in [0.1, 0.15) is 12.0 Å². The third-order valence-corrected chi connectivity index (χ3v) is 5.14. The van der Waals surface area contributed by atoms with E-state index in [1.807, 2.05) is 12.1 Å². The standard InChI is InChI=1S/C21H29ClN6O/c1-23-21(26-14-16-5-7-17(8-6-16)24-11-13-29-2)27-18-9-12-28(15-18)20-19(22)4-3-10-25-20/h3-8,10,18,24H,9,11-15H2,1-2H3,(H2,23,26,27). The molecule has 2 aromatic rings. The highest BCUT2D eigenvalue weighted by molar-refractivity contribution is 6.32. The Labute approximate surface area is 177 Å². The fraction of sp³-hybridized carbons (Fsp3) is 0.429. The lowest BCUT2D eigenvalue weighted by Crippen LogP contribution is -2.44. The third kappa shape index (κ3) is 6.24. The molecule has 1 aromatic heterocycles. The number of methoxy groups -OCH3 is 1. The third-order valence-electron chi connectivity index (χ3n) is 4.84. The summed E-state index contributed by atoms with van der Waals surface area (Å²) >= 11 is 6.28. The second-order valence-corrected chi connectivity index (χ2v) is 7.33. The maximum atomic E-state index is 6.28. The molecule has 0 bridgehead atoms. The summed E-state index contributed by atoms with van der Waals surface area (Å²) in [6, 6.07) is 12.4. The van der Waals surface area contributed by atoms with Crippen molar-refractivity contribution < 1.29 is 4.74 Å². The number of benzene rings is 1. The van der Waals surface area contributed by atoms with Crippen molar-refractivity contribution in [2.45, 2.75) is 19.0 Å². The summed E-state index contributed by atoms with van der Waals surface area (Å²) in [7, 11) is 3.49. The fourth-order valence-corrected chi connectivity index (χ4v) is 3.53. The molecule has 156 valence electrons. The first-order valence-corrected chi connectivity index (χ1v) is 10.2. The van der Waals surface area contributed by atoms with Crippen molar-refractivity contribution in [3.63, 3.8) is 0 Å². The van der Waals surface area contributed by atoms with Gasteiger partial charge in [0.05, 0.1) is 11.6 Å². The summed E-state index contributed by atoms with van der Waals surface area (Å²) in [5, 5.41) is 10.9. The molecular weight excluding hydrogens is 388 g/mol. The smallest absolute Gasteiger partial charge is 0.191 e. The Morgan fingerprint density at radius 1 is 1.31 bits per heavy atom. The Morgan fingerprint density at radius 2 is 2.14 bits per heavy atom. The van der Waals surface area contributed by atoms with Crippen LogP contribution in [-0.4, -0.2) is 57.4 Å². The molecule has 3 N–H and O–H groups in total. The van der Waals surface area contributed by atoms with Crippen molar-refractivity contribution in [3.05, 3.63) is 53.2 Å². The van der Waals surface area contributed by atoms with E-state index in [9.17, 15) is 0 Å². The fourth-order valence-electron chi connectivity index (χ4n) is 3.29. The molecule has 1 fully saturated rings. The van der Waals surface area contributed by atoms with Crippen LogP contribution in [0.15, 0.2) is 47.6 Å². The van der Waals surface area contributed by atoms with E-state index in [1.54, 1.807) is 20.4 Å². The van der Waals surface area contributed by atoms with E-state index in [0.717, 1.165) is 43.5 Å². The van der Waals surface area contributed by atoms with Gasteiger partial charge in [-0.15, -0.1) is 0 Å². The van der Waals surface area contributed by atoms with E-state index >= 15 is 0 Å². The number of pyridine rings is 1. The average Bonchev–Trinajstić information content (AvgIpc) is 3.21. The summed E-state index contributed by atoms with van der Waals surface area (Å²) in [6.45, 7) is 3.96. The van der Waals surface area contributed by atoms with Gasteiger partial charge in [-0.05, 0) is 36.2 Å². The number of halogens is 1. The monoisotopic (exact) mass is 416 g/mol. The summed E-state index contributed by atoms with van der Waals surface area (Å²) in [5.74, 6) is 1.65. The van der Waals surface area contributed by atoms with Gasteiger partial charge in [0.25, 0.3) is 0 Å². The van der Waals surface area contributed by atoms with Gasteiger partial charge in [0.2, 0.25) is 0 Å². The number of anilines is 2. The van der Waals surface area contributed by atoms with Crippen molar-refractivity contribution in [1.82, 2.24) is 15.6 Å². The Bertz CT molecular complexity index is 798. The molecule has 0 saturated carbocycles. The predicted octanol–water partition coefficient (Wildman–Crippen LogP) is 2.74. The first-order valence-electron chi connectivity index (χ1n) is 9.84. The molecule has 0 spiro atoms. The van der Waals surface area contributed by atoms with Crippen molar-refractivity contribution in [3.8, 4) is 0 Å². The molecule has 1 aliphatic heterocycles. The maximum absolute atomic E-state index is 6.28. The Kier molecular flexibility index (Phi) is 7.95. The molecular formula is C21H29ClN6O. The van der Waals surface area contributed by atoms with Crippen molar-refractivity contribution in [2.24, 2.45) is 4.99 Å². The lowest BCUT2D eigenvalue weighted by Gasteiger charge is -2.20. The predicted molar refractivity (Wildman–Crippen MR) is 120 cm³/mol. The zero-order valence-electron chi connectivity index (χ0n) is 17.0. The van der Waals surface area contributed by atoms with Crippen LogP contribution in [0.3, 0.4) is 0 Å². The van der Waals surface area contributed by atoms with Crippen LogP contribution in [-0.2, 0) is 11.3 Å². The van der Waals surface area contributed by atoms with Crippen LogP contribution < -0.4 is 20.9 Å². The highest BCUT2D eigenvalue weighted by Crippen LogP contribution is 2.25. The Balaban J connectivity index is 1.46. The first-order chi connectivity index (χ1) is 14.2. The second kappa shape index (κ2) is 10.9. The zero-order valence-corrected chi connectivity index (χ0v) is 17.7. The summed E-state index contributed by atoms with van der Waals surface area (Å²) in [4.78, 5) is 11.0. The van der Waals surface area contributed by atoms with E-state index in [4.69, 9.17) is 16.3 Å². The molecule has 1 atom stereocenters. The van der Waals surface area contributed by atoms with Crippen molar-refractivity contribution >= 4 is 29.1 Å². The average molecular weight is 417 g/mol. The van der Waals surface area contributed by atoms with Crippen LogP contribution in [0, 0.1) is 0 Å². The molecule has 1 aromatic carbocycles. The second-order valence-electron chi connectivity index (χ2n) is 6.93. The molecule has 8 heteroatoms. The van der Waals surface area contributed by atoms with Gasteiger partial charge < -0.3 is 25.6 Å². The molecule has 2 heterocycles. The molecule has 1 saturated heterocycles. The number of guanidine groups is 1. The molecule has 7 nitrogen and oxygen atoms in total. The van der Waals surface area contributed by atoms with Crippen LogP contribution in [0.25, 0.3) is 0 Å². The maximum Gasteiger partial charge on any atom is 0.191 e. The highest BCUT2D eigenvalue weighted by Gasteiger charge is 2.25. The van der Waals surface area contributed by atoms with Crippen LogP contribution >= 0.6 is 11.6 Å². The minimum Gasteiger partial charge on any atom is -0.383 e. The van der Waals surface area contributed by atoms with Gasteiger partial charge in [-0.2, -0.15) is 0 Å². The summed E-state index contributed by atoms with van der Waals surface area (Å²) < 4.78 is 5.05. The van der Waals surface area contributed by atoms with Gasteiger partial charge in [0, 0.05) is 58.3 Å². The van der Waals surface area contributed by atoms with Crippen molar-refractivity contribution in [2.75, 3.05) is 50.6 Å². The van der Waals surface area contributed by atoms with Gasteiger partial charge in [0.1, 0.15) is 5.82 Å². The first kappa shape index (κ1) is 21.2. The molecule has 0 amide bonds. The van der Waals surface area contributed by atoms with Crippen LogP contribution in [0.4, 0.5) is 11.5 Å². The number of hydrogen-bond acceptors (Lipinski definition) is 5. The number of aliphatic imine (C=N–C) groups is 1. The normalized spacial score (nSPS) is 16.7. The van der Waals surface area contributed by atoms with Gasteiger partial charge in [-0.1, -0.05) is 23.7 Å². The summed E-state index contributed by atoms with van der Waals surface area (Å²) in [5.41, 5.74) is 2.28. The minimum atomic E-state index is 0.298.